The number of nitrogens with one attached hydrogen (secondary N) is 1. The van der Waals surface area contributed by atoms with Gasteiger partial charge in [-0.2, -0.15) is 13.2 Å². The number of hydrogen-bond acceptors (Lipinski definition) is 3. The summed E-state index contributed by atoms with van der Waals surface area (Å²) in [5.74, 6) is -3.30. The Balaban J connectivity index is 1.90. The van der Waals surface area contributed by atoms with Gasteiger partial charge >= 0.3 is 6.18 Å². The number of carbonyl (C=O) groups is 1. The molecule has 10 heteroatoms. The Morgan fingerprint density at radius 1 is 1.24 bits per heavy atom. The van der Waals surface area contributed by atoms with E-state index < -0.39 is 34.8 Å². The Hall–Kier alpha value is -2.42. The lowest BCUT2D eigenvalue weighted by Gasteiger charge is -2.11. The second-order valence-electron chi connectivity index (χ2n) is 4.71. The second kappa shape index (κ2) is 7.64. The SMILES string of the molecule is O=C(NCCOc1ncc(C(F)(F)F)cc1Cl)c1c(F)cccc1F. The third-order valence-electron chi connectivity index (χ3n) is 2.95. The molecule has 1 aromatic carbocycles. The zero-order valence-corrected chi connectivity index (χ0v) is 13.1. The van der Waals surface area contributed by atoms with Crippen LogP contribution in [0.2, 0.25) is 5.02 Å². The average Bonchev–Trinajstić information content (AvgIpc) is 2.51. The van der Waals surface area contributed by atoms with E-state index in [0.29, 0.717) is 12.3 Å². The van der Waals surface area contributed by atoms with Crippen molar-refractivity contribution in [2.75, 3.05) is 13.2 Å². The summed E-state index contributed by atoms with van der Waals surface area (Å²) in [6.45, 7) is -0.397. The van der Waals surface area contributed by atoms with Gasteiger partial charge in [0, 0.05) is 6.20 Å². The standard InChI is InChI=1S/C15H10ClF5N2O2/c16-9-6-8(15(19,20)21)7-23-14(9)25-5-4-22-13(24)12-10(17)2-1-3-11(12)18/h1-3,6-7H,4-5H2,(H,22,24). The number of rotatable bonds is 5. The summed E-state index contributed by atoms with van der Waals surface area (Å²) >= 11 is 5.64. The summed E-state index contributed by atoms with van der Waals surface area (Å²) in [4.78, 5) is 15.1. The molecule has 0 aliphatic rings. The molecule has 1 amide bonds. The van der Waals surface area contributed by atoms with Crippen LogP contribution in [0.3, 0.4) is 0 Å². The maximum absolute atomic E-state index is 13.4. The second-order valence-corrected chi connectivity index (χ2v) is 5.12. The van der Waals surface area contributed by atoms with Crippen LogP contribution in [0.4, 0.5) is 22.0 Å². The summed E-state index contributed by atoms with van der Waals surface area (Å²) in [5.41, 5.74) is -1.78. The van der Waals surface area contributed by atoms with Gasteiger partial charge in [-0.25, -0.2) is 13.8 Å². The molecule has 0 aliphatic heterocycles. The van der Waals surface area contributed by atoms with Crippen molar-refractivity contribution in [3.05, 3.63) is 58.2 Å². The topological polar surface area (TPSA) is 51.2 Å². The van der Waals surface area contributed by atoms with E-state index in [-0.39, 0.29) is 24.1 Å². The molecule has 134 valence electrons. The van der Waals surface area contributed by atoms with Crippen LogP contribution in [-0.4, -0.2) is 24.0 Å². The molecule has 4 nitrogen and oxygen atoms in total. The summed E-state index contributed by atoms with van der Waals surface area (Å²) < 4.78 is 69.3. The molecule has 0 saturated heterocycles. The molecule has 0 fully saturated rings. The predicted molar refractivity (Wildman–Crippen MR) is 78.4 cm³/mol. The fourth-order valence-corrected chi connectivity index (χ4v) is 2.02. The number of alkyl halides is 3. The van der Waals surface area contributed by atoms with Crippen LogP contribution in [0, 0.1) is 11.6 Å². The predicted octanol–water partition coefficient (Wildman–Crippen LogP) is 3.84. The number of benzene rings is 1. The van der Waals surface area contributed by atoms with Crippen LogP contribution in [0.5, 0.6) is 5.88 Å². The van der Waals surface area contributed by atoms with E-state index in [1.54, 1.807) is 0 Å². The molecule has 0 bridgehead atoms. The molecule has 0 spiro atoms. The largest absolute Gasteiger partial charge is 0.475 e. The maximum atomic E-state index is 13.4. The Bertz CT molecular complexity index is 763. The zero-order chi connectivity index (χ0) is 18.6. The molecule has 0 aliphatic carbocycles. The molecule has 1 heterocycles. The number of carbonyl (C=O) groups excluding carboxylic acids is 1. The monoisotopic (exact) mass is 380 g/mol. The van der Waals surface area contributed by atoms with E-state index in [9.17, 15) is 26.7 Å². The first-order valence-corrected chi connectivity index (χ1v) is 7.15. The molecule has 25 heavy (non-hydrogen) atoms. The third kappa shape index (κ3) is 4.79. The highest BCUT2D eigenvalue weighted by atomic mass is 35.5. The van der Waals surface area contributed by atoms with Gasteiger partial charge < -0.3 is 10.1 Å². The quantitative estimate of drug-likeness (QED) is 0.633. The van der Waals surface area contributed by atoms with Crippen molar-refractivity contribution < 1.29 is 31.5 Å². The molecule has 0 saturated carbocycles. The first-order chi connectivity index (χ1) is 11.7. The summed E-state index contributed by atoms with van der Waals surface area (Å²) in [6, 6.07) is 3.63. The first kappa shape index (κ1) is 18.9. The average molecular weight is 381 g/mol. The van der Waals surface area contributed by atoms with Crippen molar-refractivity contribution in [1.29, 1.82) is 0 Å². The van der Waals surface area contributed by atoms with Crippen molar-refractivity contribution in [3.8, 4) is 5.88 Å². The van der Waals surface area contributed by atoms with Gasteiger partial charge in [0.2, 0.25) is 5.88 Å². The van der Waals surface area contributed by atoms with Crippen molar-refractivity contribution in [2.24, 2.45) is 0 Å². The molecule has 2 aromatic rings. The minimum absolute atomic E-state index is 0.175. The number of aromatic nitrogens is 1. The van der Waals surface area contributed by atoms with Crippen molar-refractivity contribution >= 4 is 17.5 Å². The van der Waals surface area contributed by atoms with E-state index in [1.807, 2.05) is 0 Å². The zero-order valence-electron chi connectivity index (χ0n) is 12.3. The van der Waals surface area contributed by atoms with Gasteiger partial charge in [0.25, 0.3) is 5.91 Å². The van der Waals surface area contributed by atoms with Crippen molar-refractivity contribution in [1.82, 2.24) is 10.3 Å². The van der Waals surface area contributed by atoms with Crippen LogP contribution in [-0.2, 0) is 6.18 Å². The number of hydrogen-bond donors (Lipinski definition) is 1. The van der Waals surface area contributed by atoms with E-state index in [4.69, 9.17) is 16.3 Å². The van der Waals surface area contributed by atoms with Gasteiger partial charge in [0.15, 0.2) is 0 Å². The number of pyridine rings is 1. The minimum Gasteiger partial charge on any atom is -0.475 e. The van der Waals surface area contributed by atoms with Crippen molar-refractivity contribution in [3.63, 3.8) is 0 Å². The summed E-state index contributed by atoms with van der Waals surface area (Å²) in [5, 5.41) is 1.85. The molecule has 2 rings (SSSR count). The number of ether oxygens (including phenoxy) is 1. The van der Waals surface area contributed by atoms with Gasteiger partial charge in [-0.3, -0.25) is 4.79 Å². The van der Waals surface area contributed by atoms with Crippen LogP contribution in [0.15, 0.2) is 30.5 Å². The number of amides is 1. The Kier molecular flexibility index (Phi) is 5.78. The molecule has 1 aromatic heterocycles. The highest BCUT2D eigenvalue weighted by molar-refractivity contribution is 6.31. The fraction of sp³-hybridized carbons (Fsp3) is 0.200. The first-order valence-electron chi connectivity index (χ1n) is 6.78. The summed E-state index contributed by atoms with van der Waals surface area (Å²) in [6.07, 6.45) is -4.04. The lowest BCUT2D eigenvalue weighted by molar-refractivity contribution is -0.137. The van der Waals surface area contributed by atoms with Crippen LogP contribution in [0.25, 0.3) is 0 Å². The number of nitrogens with zero attached hydrogens (tertiary/aromatic N) is 1. The Morgan fingerprint density at radius 2 is 1.88 bits per heavy atom. The maximum Gasteiger partial charge on any atom is 0.417 e. The van der Waals surface area contributed by atoms with Crippen LogP contribution in [0.1, 0.15) is 15.9 Å². The lowest BCUT2D eigenvalue weighted by atomic mass is 10.2. The van der Waals surface area contributed by atoms with E-state index in [2.05, 4.69) is 10.3 Å². The Labute approximate surface area is 143 Å². The summed E-state index contributed by atoms with van der Waals surface area (Å²) in [7, 11) is 0. The van der Waals surface area contributed by atoms with Gasteiger partial charge in [0.05, 0.1) is 12.1 Å². The molecule has 0 radical (unpaired) electrons. The van der Waals surface area contributed by atoms with E-state index in [0.717, 1.165) is 18.2 Å². The van der Waals surface area contributed by atoms with Gasteiger partial charge in [-0.15, -0.1) is 0 Å². The molecular weight excluding hydrogens is 371 g/mol. The Morgan fingerprint density at radius 3 is 2.44 bits per heavy atom. The van der Waals surface area contributed by atoms with Gasteiger partial charge in [0.1, 0.15) is 28.8 Å². The van der Waals surface area contributed by atoms with Crippen LogP contribution < -0.4 is 10.1 Å². The molecule has 0 atom stereocenters. The molecule has 1 N–H and O–H groups in total. The number of halogens is 6. The van der Waals surface area contributed by atoms with Gasteiger partial charge in [-0.1, -0.05) is 17.7 Å². The normalized spacial score (nSPS) is 11.3. The van der Waals surface area contributed by atoms with Crippen molar-refractivity contribution in [2.45, 2.75) is 6.18 Å². The van der Waals surface area contributed by atoms with Gasteiger partial charge in [-0.05, 0) is 18.2 Å². The molecule has 0 unspecified atom stereocenters. The highest BCUT2D eigenvalue weighted by Crippen LogP contribution is 2.32. The van der Waals surface area contributed by atoms with Crippen LogP contribution >= 0.6 is 11.6 Å². The van der Waals surface area contributed by atoms with E-state index >= 15 is 0 Å². The minimum atomic E-state index is -4.59. The smallest absolute Gasteiger partial charge is 0.417 e. The lowest BCUT2D eigenvalue weighted by Crippen LogP contribution is -2.29. The molecular formula is C15H10ClF5N2O2. The highest BCUT2D eigenvalue weighted by Gasteiger charge is 2.31. The van der Waals surface area contributed by atoms with E-state index in [1.165, 1.54) is 0 Å². The third-order valence-corrected chi connectivity index (χ3v) is 3.22. The fourth-order valence-electron chi connectivity index (χ4n) is 1.80.